The van der Waals surface area contributed by atoms with Crippen molar-refractivity contribution in [1.29, 1.82) is 0 Å². The number of hydrogen-bond acceptors (Lipinski definition) is 2. The Labute approximate surface area is 73.0 Å². The summed E-state index contributed by atoms with van der Waals surface area (Å²) in [4.78, 5) is 1.81. The van der Waals surface area contributed by atoms with E-state index in [4.69, 9.17) is 4.74 Å². The third kappa shape index (κ3) is 2.13. The van der Waals surface area contributed by atoms with Crippen molar-refractivity contribution in [2.24, 2.45) is 0 Å². The highest BCUT2D eigenvalue weighted by molar-refractivity contribution is 5.01. The molecular formula is C9H16FNO. The monoisotopic (exact) mass is 173 g/mol. The molecule has 3 heteroatoms. The molecule has 2 nitrogen and oxygen atoms in total. The predicted octanol–water partition coefficient (Wildman–Crippen LogP) is 1.93. The Kier molecular flexibility index (Phi) is 2.31. The average molecular weight is 173 g/mol. The van der Waals surface area contributed by atoms with Crippen molar-refractivity contribution < 1.29 is 9.13 Å². The van der Waals surface area contributed by atoms with Crippen LogP contribution in [0, 0.1) is 0 Å². The SMILES string of the molecule is C=C(OC(C)C)N1CC(C)(F)C1. The maximum Gasteiger partial charge on any atom is 0.182 e. The van der Waals surface area contributed by atoms with Crippen molar-refractivity contribution in [1.82, 2.24) is 4.90 Å². The van der Waals surface area contributed by atoms with E-state index in [2.05, 4.69) is 6.58 Å². The van der Waals surface area contributed by atoms with E-state index in [0.717, 1.165) is 0 Å². The van der Waals surface area contributed by atoms with Crippen LogP contribution in [0.5, 0.6) is 0 Å². The summed E-state index contributed by atoms with van der Waals surface area (Å²) >= 11 is 0. The van der Waals surface area contributed by atoms with Gasteiger partial charge in [0.25, 0.3) is 0 Å². The van der Waals surface area contributed by atoms with Gasteiger partial charge in [-0.1, -0.05) is 0 Å². The van der Waals surface area contributed by atoms with Crippen LogP contribution < -0.4 is 0 Å². The van der Waals surface area contributed by atoms with Crippen LogP contribution in [0.1, 0.15) is 20.8 Å². The number of hydrogen-bond donors (Lipinski definition) is 0. The number of halogens is 1. The van der Waals surface area contributed by atoms with Crippen molar-refractivity contribution in [3.05, 3.63) is 12.5 Å². The number of alkyl halides is 1. The molecule has 0 aromatic rings. The minimum absolute atomic E-state index is 0.115. The van der Waals surface area contributed by atoms with Gasteiger partial charge in [0.2, 0.25) is 0 Å². The van der Waals surface area contributed by atoms with Crippen LogP contribution in [0.3, 0.4) is 0 Å². The molecule has 0 aliphatic carbocycles. The number of likely N-dealkylation sites (tertiary alicyclic amines) is 1. The van der Waals surface area contributed by atoms with E-state index >= 15 is 0 Å². The van der Waals surface area contributed by atoms with Crippen LogP contribution in [0.2, 0.25) is 0 Å². The first-order valence-electron chi connectivity index (χ1n) is 4.20. The van der Waals surface area contributed by atoms with Crippen LogP contribution in [-0.4, -0.2) is 29.8 Å². The summed E-state index contributed by atoms with van der Waals surface area (Å²) in [6, 6.07) is 0. The van der Waals surface area contributed by atoms with Crippen molar-refractivity contribution in [3.8, 4) is 0 Å². The van der Waals surface area contributed by atoms with Gasteiger partial charge in [0.1, 0.15) is 5.67 Å². The Balaban J connectivity index is 2.29. The van der Waals surface area contributed by atoms with Crippen LogP contribution in [0.15, 0.2) is 12.5 Å². The Morgan fingerprint density at radius 1 is 1.58 bits per heavy atom. The zero-order chi connectivity index (χ0) is 9.35. The summed E-state index contributed by atoms with van der Waals surface area (Å²) in [5, 5.41) is 0. The second-order valence-corrected chi connectivity index (χ2v) is 3.83. The van der Waals surface area contributed by atoms with Gasteiger partial charge in [0.15, 0.2) is 5.88 Å². The molecule has 0 aromatic carbocycles. The Morgan fingerprint density at radius 3 is 2.42 bits per heavy atom. The predicted molar refractivity (Wildman–Crippen MR) is 46.4 cm³/mol. The lowest BCUT2D eigenvalue weighted by Gasteiger charge is -2.44. The minimum Gasteiger partial charge on any atom is -0.477 e. The molecule has 0 aromatic heterocycles. The lowest BCUT2D eigenvalue weighted by Crippen LogP contribution is -2.56. The van der Waals surface area contributed by atoms with Crippen LogP contribution in [0.25, 0.3) is 0 Å². The quantitative estimate of drug-likeness (QED) is 0.605. The lowest BCUT2D eigenvalue weighted by atomic mass is 10.00. The number of nitrogens with zero attached hydrogens (tertiary/aromatic N) is 1. The van der Waals surface area contributed by atoms with Crippen LogP contribution in [-0.2, 0) is 4.74 Å². The highest BCUT2D eigenvalue weighted by Crippen LogP contribution is 2.27. The van der Waals surface area contributed by atoms with Gasteiger partial charge >= 0.3 is 0 Å². The first-order valence-corrected chi connectivity index (χ1v) is 4.20. The fourth-order valence-electron chi connectivity index (χ4n) is 1.27. The summed E-state index contributed by atoms with van der Waals surface area (Å²) in [6.45, 7) is 9.97. The van der Waals surface area contributed by atoms with Gasteiger partial charge in [-0.2, -0.15) is 0 Å². The average Bonchev–Trinajstić information content (AvgIpc) is 1.80. The summed E-state index contributed by atoms with van der Waals surface area (Å²) < 4.78 is 18.3. The molecule has 0 N–H and O–H groups in total. The highest BCUT2D eigenvalue weighted by Gasteiger charge is 2.40. The van der Waals surface area contributed by atoms with E-state index in [1.165, 1.54) is 0 Å². The molecule has 1 saturated heterocycles. The Morgan fingerprint density at radius 2 is 2.08 bits per heavy atom. The van der Waals surface area contributed by atoms with Gasteiger partial charge in [0.05, 0.1) is 19.2 Å². The maximum absolute atomic E-state index is 13.0. The third-order valence-electron chi connectivity index (χ3n) is 1.77. The maximum atomic E-state index is 13.0. The highest BCUT2D eigenvalue weighted by atomic mass is 19.1. The van der Waals surface area contributed by atoms with Crippen molar-refractivity contribution >= 4 is 0 Å². The van der Waals surface area contributed by atoms with Crippen molar-refractivity contribution in [2.45, 2.75) is 32.5 Å². The molecule has 1 fully saturated rings. The Hall–Kier alpha value is -0.730. The first kappa shape index (κ1) is 9.36. The zero-order valence-corrected chi connectivity index (χ0v) is 7.93. The van der Waals surface area contributed by atoms with Crippen molar-refractivity contribution in [3.63, 3.8) is 0 Å². The molecule has 0 spiro atoms. The topological polar surface area (TPSA) is 12.5 Å². The molecule has 0 bridgehead atoms. The van der Waals surface area contributed by atoms with Crippen LogP contribution in [0.4, 0.5) is 4.39 Å². The molecule has 0 radical (unpaired) electrons. The van der Waals surface area contributed by atoms with Gasteiger partial charge < -0.3 is 9.64 Å². The summed E-state index contributed by atoms with van der Waals surface area (Å²) in [7, 11) is 0. The Bertz CT molecular complexity index is 181. The summed E-state index contributed by atoms with van der Waals surface area (Å²) in [5.74, 6) is 0.583. The normalized spacial score (nSPS) is 20.6. The third-order valence-corrected chi connectivity index (χ3v) is 1.77. The second kappa shape index (κ2) is 2.96. The fourth-order valence-corrected chi connectivity index (χ4v) is 1.27. The molecule has 0 atom stereocenters. The standard InChI is InChI=1S/C9H16FNO/c1-7(2)12-8(3)11-5-9(4,10)6-11/h7H,3,5-6H2,1-2,4H3. The van der Waals surface area contributed by atoms with E-state index in [1.807, 2.05) is 13.8 Å². The fraction of sp³-hybridized carbons (Fsp3) is 0.778. The number of ether oxygens (including phenoxy) is 1. The van der Waals surface area contributed by atoms with Gasteiger partial charge in [-0.15, -0.1) is 0 Å². The minimum atomic E-state index is -1.05. The second-order valence-electron chi connectivity index (χ2n) is 3.83. The molecule has 1 aliphatic rings. The summed E-state index contributed by atoms with van der Waals surface area (Å²) in [6.07, 6.45) is 0.115. The molecule has 70 valence electrons. The van der Waals surface area contributed by atoms with Crippen LogP contribution >= 0.6 is 0 Å². The molecule has 1 rings (SSSR count). The first-order chi connectivity index (χ1) is 5.41. The molecule has 0 amide bonds. The van der Waals surface area contributed by atoms with Crippen molar-refractivity contribution in [2.75, 3.05) is 13.1 Å². The summed E-state index contributed by atoms with van der Waals surface area (Å²) in [5.41, 5.74) is -1.05. The zero-order valence-electron chi connectivity index (χ0n) is 7.93. The molecule has 0 unspecified atom stereocenters. The van der Waals surface area contributed by atoms with Gasteiger partial charge in [-0.25, -0.2) is 4.39 Å². The van der Waals surface area contributed by atoms with E-state index in [1.54, 1.807) is 11.8 Å². The molecule has 0 saturated carbocycles. The van der Waals surface area contributed by atoms with Gasteiger partial charge in [-0.3, -0.25) is 0 Å². The number of rotatable bonds is 3. The molecule has 1 aliphatic heterocycles. The largest absolute Gasteiger partial charge is 0.477 e. The van der Waals surface area contributed by atoms with Gasteiger partial charge in [-0.05, 0) is 27.4 Å². The van der Waals surface area contributed by atoms with E-state index < -0.39 is 5.67 Å². The molecular weight excluding hydrogens is 157 g/mol. The molecule has 12 heavy (non-hydrogen) atoms. The van der Waals surface area contributed by atoms with E-state index in [-0.39, 0.29) is 6.10 Å². The molecule has 1 heterocycles. The van der Waals surface area contributed by atoms with E-state index in [9.17, 15) is 4.39 Å². The van der Waals surface area contributed by atoms with E-state index in [0.29, 0.717) is 19.0 Å². The lowest BCUT2D eigenvalue weighted by molar-refractivity contribution is -0.0473. The van der Waals surface area contributed by atoms with Gasteiger partial charge in [0, 0.05) is 0 Å². The smallest absolute Gasteiger partial charge is 0.182 e.